The number of hydrogen-bond donors (Lipinski definition) is 2. The van der Waals surface area contributed by atoms with Gasteiger partial charge in [-0.2, -0.15) is 11.8 Å². The molecule has 3 N–H and O–H groups in total. The number of aryl methyl sites for hydroxylation is 1. The number of nitrogen functional groups attached to an aromatic ring is 1. The number of carbonyl (C=O) groups excluding carboxylic acids is 1. The Kier molecular flexibility index (Phi) is 3.85. The third-order valence-corrected chi connectivity index (χ3v) is 5.05. The Bertz CT molecular complexity index is 429. The van der Waals surface area contributed by atoms with E-state index in [1.165, 1.54) is 19.3 Å². The maximum absolute atomic E-state index is 12.1. The van der Waals surface area contributed by atoms with Crippen LogP contribution in [0, 0.1) is 6.92 Å². The Labute approximate surface area is 113 Å². The molecule has 1 aliphatic rings. The van der Waals surface area contributed by atoms with Crippen LogP contribution < -0.4 is 11.1 Å². The van der Waals surface area contributed by atoms with Gasteiger partial charge in [0, 0.05) is 22.5 Å². The van der Waals surface area contributed by atoms with Gasteiger partial charge in [0.2, 0.25) is 0 Å². The summed E-state index contributed by atoms with van der Waals surface area (Å²) in [5.41, 5.74) is 8.07. The summed E-state index contributed by atoms with van der Waals surface area (Å²) >= 11 is 1.86. The first-order valence-corrected chi connectivity index (χ1v) is 7.48. The lowest BCUT2D eigenvalue weighted by atomic mass is 9.84. The van der Waals surface area contributed by atoms with Crippen molar-refractivity contribution in [3.05, 3.63) is 29.3 Å². The summed E-state index contributed by atoms with van der Waals surface area (Å²) in [6.07, 6.45) is 5.79. The zero-order chi connectivity index (χ0) is 13.2. The predicted octanol–water partition coefficient (Wildman–Crippen LogP) is 2.59. The van der Waals surface area contributed by atoms with Gasteiger partial charge in [0.1, 0.15) is 0 Å². The van der Waals surface area contributed by atoms with Crippen LogP contribution >= 0.6 is 11.8 Å². The van der Waals surface area contributed by atoms with Gasteiger partial charge in [-0.1, -0.05) is 6.42 Å². The summed E-state index contributed by atoms with van der Waals surface area (Å²) < 4.78 is 0.269. The molecule has 98 valence electrons. The molecule has 1 fully saturated rings. The number of hydrogen-bond acceptors (Lipinski definition) is 3. The van der Waals surface area contributed by atoms with Crippen LogP contribution in [0.25, 0.3) is 0 Å². The van der Waals surface area contributed by atoms with Crippen LogP contribution in [-0.4, -0.2) is 23.5 Å². The highest BCUT2D eigenvalue weighted by molar-refractivity contribution is 8.00. The van der Waals surface area contributed by atoms with Crippen molar-refractivity contribution in [1.82, 2.24) is 5.32 Å². The van der Waals surface area contributed by atoms with E-state index >= 15 is 0 Å². The van der Waals surface area contributed by atoms with E-state index in [4.69, 9.17) is 5.73 Å². The second-order valence-corrected chi connectivity index (χ2v) is 6.33. The molecule has 0 aliphatic heterocycles. The molecule has 0 aromatic heterocycles. The summed E-state index contributed by atoms with van der Waals surface area (Å²) in [4.78, 5) is 12.1. The molecule has 4 heteroatoms. The van der Waals surface area contributed by atoms with Crippen molar-refractivity contribution < 1.29 is 4.79 Å². The lowest BCUT2D eigenvalue weighted by Gasteiger charge is -2.40. The molecular weight excluding hydrogens is 244 g/mol. The van der Waals surface area contributed by atoms with Crippen molar-refractivity contribution in [3.63, 3.8) is 0 Å². The van der Waals surface area contributed by atoms with Gasteiger partial charge in [-0.3, -0.25) is 4.79 Å². The molecule has 2 rings (SSSR count). The Morgan fingerprint density at radius 2 is 2.17 bits per heavy atom. The van der Waals surface area contributed by atoms with Gasteiger partial charge in [-0.05, 0) is 49.8 Å². The zero-order valence-electron chi connectivity index (χ0n) is 11.0. The third kappa shape index (κ3) is 2.80. The molecule has 0 atom stereocenters. The number of amides is 1. The number of rotatable bonds is 4. The summed E-state index contributed by atoms with van der Waals surface area (Å²) in [5.74, 6) is -0.0225. The Morgan fingerprint density at radius 3 is 2.67 bits per heavy atom. The molecule has 3 nitrogen and oxygen atoms in total. The van der Waals surface area contributed by atoms with Crippen LogP contribution in [0.2, 0.25) is 0 Å². The van der Waals surface area contributed by atoms with Gasteiger partial charge < -0.3 is 11.1 Å². The minimum atomic E-state index is -0.0225. The van der Waals surface area contributed by atoms with Crippen LogP contribution in [0.3, 0.4) is 0 Å². The van der Waals surface area contributed by atoms with Crippen LogP contribution in [-0.2, 0) is 0 Å². The van der Waals surface area contributed by atoms with Crippen molar-refractivity contribution in [2.75, 3.05) is 18.5 Å². The number of anilines is 1. The summed E-state index contributed by atoms with van der Waals surface area (Å²) in [5, 5.41) is 3.03. The lowest BCUT2D eigenvalue weighted by Crippen LogP contribution is -2.45. The minimum absolute atomic E-state index is 0.0225. The molecule has 1 saturated carbocycles. The molecule has 0 spiro atoms. The third-order valence-electron chi connectivity index (χ3n) is 3.63. The molecule has 1 aromatic rings. The van der Waals surface area contributed by atoms with E-state index < -0.39 is 0 Å². The van der Waals surface area contributed by atoms with Crippen LogP contribution in [0.1, 0.15) is 35.2 Å². The normalized spacial score (nSPS) is 17.0. The van der Waals surface area contributed by atoms with E-state index in [2.05, 4.69) is 11.6 Å². The fraction of sp³-hybridized carbons (Fsp3) is 0.500. The number of benzene rings is 1. The van der Waals surface area contributed by atoms with Gasteiger partial charge in [-0.25, -0.2) is 0 Å². The first-order valence-electron chi connectivity index (χ1n) is 6.25. The number of nitrogens with two attached hydrogens (primary N) is 1. The van der Waals surface area contributed by atoms with Gasteiger partial charge in [-0.15, -0.1) is 0 Å². The maximum atomic E-state index is 12.1. The molecule has 1 aliphatic carbocycles. The average molecular weight is 264 g/mol. The van der Waals surface area contributed by atoms with Gasteiger partial charge in [0.05, 0.1) is 0 Å². The highest BCUT2D eigenvalue weighted by atomic mass is 32.2. The quantitative estimate of drug-likeness (QED) is 0.822. The SMILES string of the molecule is CSC1(CNC(=O)c2cc(C)cc(N)c2)CCC1. The minimum Gasteiger partial charge on any atom is -0.399 e. The fourth-order valence-corrected chi connectivity index (χ4v) is 3.22. The largest absolute Gasteiger partial charge is 0.399 e. The predicted molar refractivity (Wildman–Crippen MR) is 78.0 cm³/mol. The second-order valence-electron chi connectivity index (χ2n) is 5.06. The van der Waals surface area contributed by atoms with Crippen LogP contribution in [0.5, 0.6) is 0 Å². The molecular formula is C14H20N2OS. The number of carbonyl (C=O) groups is 1. The molecule has 0 heterocycles. The standard InChI is InChI=1S/C14H20N2OS/c1-10-6-11(8-12(15)7-10)13(17)16-9-14(18-2)4-3-5-14/h6-8H,3-5,9,15H2,1-2H3,(H,16,17). The molecule has 0 bridgehead atoms. The van der Waals surface area contributed by atoms with Gasteiger partial charge >= 0.3 is 0 Å². The van der Waals surface area contributed by atoms with Crippen molar-refractivity contribution >= 4 is 23.4 Å². The second kappa shape index (κ2) is 5.22. The first kappa shape index (κ1) is 13.3. The molecule has 18 heavy (non-hydrogen) atoms. The maximum Gasteiger partial charge on any atom is 0.251 e. The molecule has 0 radical (unpaired) electrons. The van der Waals surface area contributed by atoms with E-state index in [0.29, 0.717) is 11.3 Å². The van der Waals surface area contributed by atoms with E-state index in [1.54, 1.807) is 6.07 Å². The van der Waals surface area contributed by atoms with E-state index in [9.17, 15) is 4.79 Å². The summed E-state index contributed by atoms with van der Waals surface area (Å²) in [6, 6.07) is 5.47. The highest BCUT2D eigenvalue weighted by Gasteiger charge is 2.36. The van der Waals surface area contributed by atoms with E-state index in [1.807, 2.05) is 30.8 Å². The number of thioether (sulfide) groups is 1. The van der Waals surface area contributed by atoms with Gasteiger partial charge in [0.25, 0.3) is 5.91 Å². The fourth-order valence-electron chi connectivity index (χ4n) is 2.31. The van der Waals surface area contributed by atoms with Crippen LogP contribution in [0.15, 0.2) is 18.2 Å². The molecule has 1 amide bonds. The smallest absolute Gasteiger partial charge is 0.251 e. The van der Waals surface area contributed by atoms with Crippen LogP contribution in [0.4, 0.5) is 5.69 Å². The Hall–Kier alpha value is -1.16. The zero-order valence-corrected chi connectivity index (χ0v) is 11.8. The highest BCUT2D eigenvalue weighted by Crippen LogP contribution is 2.42. The van der Waals surface area contributed by atoms with E-state index in [0.717, 1.165) is 12.1 Å². The van der Waals surface area contributed by atoms with Crippen molar-refractivity contribution in [2.45, 2.75) is 30.9 Å². The van der Waals surface area contributed by atoms with Crippen molar-refractivity contribution in [2.24, 2.45) is 0 Å². The monoisotopic (exact) mass is 264 g/mol. The Balaban J connectivity index is 1.99. The summed E-state index contributed by atoms with van der Waals surface area (Å²) in [6.45, 7) is 2.70. The number of nitrogens with one attached hydrogen (secondary N) is 1. The summed E-state index contributed by atoms with van der Waals surface area (Å²) in [7, 11) is 0. The van der Waals surface area contributed by atoms with E-state index in [-0.39, 0.29) is 10.7 Å². The molecule has 0 saturated heterocycles. The Morgan fingerprint density at radius 1 is 1.44 bits per heavy atom. The molecule has 0 unspecified atom stereocenters. The van der Waals surface area contributed by atoms with Gasteiger partial charge in [0.15, 0.2) is 0 Å². The topological polar surface area (TPSA) is 55.1 Å². The first-order chi connectivity index (χ1) is 8.54. The lowest BCUT2D eigenvalue weighted by molar-refractivity contribution is 0.0944. The molecule has 1 aromatic carbocycles. The average Bonchev–Trinajstić information content (AvgIpc) is 2.26. The van der Waals surface area contributed by atoms with Crippen molar-refractivity contribution in [3.8, 4) is 0 Å². The van der Waals surface area contributed by atoms with Crippen molar-refractivity contribution in [1.29, 1.82) is 0 Å².